The van der Waals surface area contributed by atoms with Gasteiger partial charge < -0.3 is 15.5 Å². The van der Waals surface area contributed by atoms with Gasteiger partial charge in [-0.15, -0.1) is 0 Å². The molecule has 0 radical (unpaired) electrons. The van der Waals surface area contributed by atoms with Gasteiger partial charge in [0.15, 0.2) is 0 Å². The molecule has 2 heterocycles. The number of hydrogen-bond donors (Lipinski definition) is 2. The first kappa shape index (κ1) is 10.7. The molecular weight excluding hydrogens is 190 g/mol. The van der Waals surface area contributed by atoms with Crippen LogP contribution in [0.4, 0.5) is 4.79 Å². The van der Waals surface area contributed by atoms with Crippen LogP contribution < -0.4 is 10.6 Å². The molecule has 0 aromatic carbocycles. The van der Waals surface area contributed by atoms with Crippen LogP contribution in [-0.2, 0) is 0 Å². The van der Waals surface area contributed by atoms with Gasteiger partial charge in [0, 0.05) is 19.6 Å². The van der Waals surface area contributed by atoms with Crippen LogP contribution in [-0.4, -0.2) is 43.7 Å². The molecule has 4 nitrogen and oxygen atoms in total. The van der Waals surface area contributed by atoms with Crippen molar-refractivity contribution in [3.8, 4) is 0 Å². The number of nitrogens with zero attached hydrogens (tertiary/aromatic N) is 1. The van der Waals surface area contributed by atoms with Gasteiger partial charge in [-0.2, -0.15) is 0 Å². The zero-order valence-corrected chi connectivity index (χ0v) is 9.30. The van der Waals surface area contributed by atoms with Crippen molar-refractivity contribution in [2.24, 2.45) is 5.92 Å². The standard InChI is InChI=1S/C11H21N3O/c15-11-13-5-1-8-14(11)9-4-10-2-6-12-7-3-10/h10,12H,1-9H2,(H,13,15). The van der Waals surface area contributed by atoms with E-state index in [0.29, 0.717) is 0 Å². The van der Waals surface area contributed by atoms with Crippen molar-refractivity contribution < 1.29 is 4.79 Å². The third kappa shape index (κ3) is 3.09. The smallest absolute Gasteiger partial charge is 0.317 e. The SMILES string of the molecule is O=C1NCCCN1CCC1CCNCC1. The summed E-state index contributed by atoms with van der Waals surface area (Å²) in [5, 5.41) is 6.26. The minimum atomic E-state index is 0.134. The fourth-order valence-corrected chi connectivity index (χ4v) is 2.40. The van der Waals surface area contributed by atoms with Gasteiger partial charge >= 0.3 is 6.03 Å². The maximum atomic E-state index is 11.5. The fourth-order valence-electron chi connectivity index (χ4n) is 2.40. The summed E-state index contributed by atoms with van der Waals surface area (Å²) in [6.45, 7) is 5.03. The zero-order valence-electron chi connectivity index (χ0n) is 9.30. The highest BCUT2D eigenvalue weighted by Crippen LogP contribution is 2.16. The summed E-state index contributed by atoms with van der Waals surface area (Å²) in [6.07, 6.45) is 4.82. The average Bonchev–Trinajstić information content (AvgIpc) is 2.29. The molecule has 2 fully saturated rings. The number of urea groups is 1. The molecule has 0 atom stereocenters. The molecule has 0 aromatic rings. The second-order valence-corrected chi connectivity index (χ2v) is 4.55. The molecule has 0 bridgehead atoms. The third-order valence-corrected chi connectivity index (χ3v) is 3.43. The van der Waals surface area contributed by atoms with E-state index >= 15 is 0 Å². The van der Waals surface area contributed by atoms with Crippen LogP contribution in [0.2, 0.25) is 0 Å². The number of rotatable bonds is 3. The predicted molar refractivity (Wildman–Crippen MR) is 59.8 cm³/mol. The molecule has 86 valence electrons. The highest BCUT2D eigenvalue weighted by Gasteiger charge is 2.19. The maximum absolute atomic E-state index is 11.5. The van der Waals surface area contributed by atoms with Crippen molar-refractivity contribution in [1.82, 2.24) is 15.5 Å². The van der Waals surface area contributed by atoms with E-state index in [1.165, 1.54) is 19.3 Å². The van der Waals surface area contributed by atoms with Crippen molar-refractivity contribution in [2.45, 2.75) is 25.7 Å². The maximum Gasteiger partial charge on any atom is 0.317 e. The van der Waals surface area contributed by atoms with Gasteiger partial charge in [-0.25, -0.2) is 4.79 Å². The van der Waals surface area contributed by atoms with Crippen LogP contribution >= 0.6 is 0 Å². The van der Waals surface area contributed by atoms with Crippen molar-refractivity contribution >= 4 is 6.03 Å². The zero-order chi connectivity index (χ0) is 10.5. The molecule has 0 spiro atoms. The fraction of sp³-hybridized carbons (Fsp3) is 0.909. The van der Waals surface area contributed by atoms with Crippen LogP contribution in [0.25, 0.3) is 0 Å². The Morgan fingerprint density at radius 3 is 2.80 bits per heavy atom. The highest BCUT2D eigenvalue weighted by molar-refractivity contribution is 5.74. The first-order chi connectivity index (χ1) is 7.36. The van der Waals surface area contributed by atoms with Gasteiger partial charge in [0.05, 0.1) is 0 Å². The molecule has 15 heavy (non-hydrogen) atoms. The minimum absolute atomic E-state index is 0.134. The molecule has 2 saturated heterocycles. The van der Waals surface area contributed by atoms with Gasteiger partial charge in [0.25, 0.3) is 0 Å². The largest absolute Gasteiger partial charge is 0.338 e. The highest BCUT2D eigenvalue weighted by atomic mass is 16.2. The van der Waals surface area contributed by atoms with Crippen LogP contribution in [0.5, 0.6) is 0 Å². The Morgan fingerprint density at radius 1 is 1.27 bits per heavy atom. The van der Waals surface area contributed by atoms with Crippen LogP contribution in [0.3, 0.4) is 0 Å². The number of amides is 2. The second kappa shape index (κ2) is 5.35. The Morgan fingerprint density at radius 2 is 2.07 bits per heavy atom. The van der Waals surface area contributed by atoms with E-state index < -0.39 is 0 Å². The van der Waals surface area contributed by atoms with Gasteiger partial charge in [-0.05, 0) is 44.7 Å². The first-order valence-electron chi connectivity index (χ1n) is 6.10. The van der Waals surface area contributed by atoms with E-state index in [1.54, 1.807) is 0 Å². The summed E-state index contributed by atoms with van der Waals surface area (Å²) in [5.74, 6) is 0.820. The van der Waals surface area contributed by atoms with E-state index in [9.17, 15) is 4.79 Å². The van der Waals surface area contributed by atoms with Crippen molar-refractivity contribution in [1.29, 1.82) is 0 Å². The lowest BCUT2D eigenvalue weighted by Gasteiger charge is -2.30. The normalized spacial score (nSPS) is 24.0. The summed E-state index contributed by atoms with van der Waals surface area (Å²) in [4.78, 5) is 13.4. The van der Waals surface area contributed by atoms with Crippen molar-refractivity contribution in [3.63, 3.8) is 0 Å². The molecule has 2 aliphatic heterocycles. The number of piperidine rings is 1. The lowest BCUT2D eigenvalue weighted by molar-refractivity contribution is 0.179. The molecule has 2 amide bonds. The Kier molecular flexibility index (Phi) is 3.83. The van der Waals surface area contributed by atoms with E-state index in [4.69, 9.17) is 0 Å². The molecule has 0 saturated carbocycles. The molecule has 2 rings (SSSR count). The third-order valence-electron chi connectivity index (χ3n) is 3.43. The minimum Gasteiger partial charge on any atom is -0.338 e. The average molecular weight is 211 g/mol. The van der Waals surface area contributed by atoms with Crippen molar-refractivity contribution in [2.75, 3.05) is 32.7 Å². The van der Waals surface area contributed by atoms with Crippen LogP contribution in [0, 0.1) is 5.92 Å². The Bertz CT molecular complexity index is 214. The van der Waals surface area contributed by atoms with Gasteiger partial charge in [0.1, 0.15) is 0 Å². The van der Waals surface area contributed by atoms with E-state index in [1.807, 2.05) is 4.90 Å². The molecule has 0 aliphatic carbocycles. The number of hydrogen-bond acceptors (Lipinski definition) is 2. The Labute approximate surface area is 91.4 Å². The van der Waals surface area contributed by atoms with Crippen LogP contribution in [0.15, 0.2) is 0 Å². The van der Waals surface area contributed by atoms with Gasteiger partial charge in [-0.3, -0.25) is 0 Å². The number of carbonyl (C=O) groups is 1. The summed E-state index contributed by atoms with van der Waals surface area (Å²) < 4.78 is 0. The number of nitrogens with one attached hydrogen (secondary N) is 2. The Hall–Kier alpha value is -0.770. The molecule has 2 aliphatic rings. The monoisotopic (exact) mass is 211 g/mol. The van der Waals surface area contributed by atoms with E-state index in [-0.39, 0.29) is 6.03 Å². The first-order valence-corrected chi connectivity index (χ1v) is 6.10. The molecule has 2 N–H and O–H groups in total. The van der Waals surface area contributed by atoms with Crippen LogP contribution in [0.1, 0.15) is 25.7 Å². The number of carbonyl (C=O) groups excluding carboxylic acids is 1. The topological polar surface area (TPSA) is 44.4 Å². The molecule has 4 heteroatoms. The van der Waals surface area contributed by atoms with E-state index in [0.717, 1.165) is 45.1 Å². The molecular formula is C11H21N3O. The summed E-state index contributed by atoms with van der Waals surface area (Å²) >= 11 is 0. The second-order valence-electron chi connectivity index (χ2n) is 4.55. The molecule has 0 aromatic heterocycles. The van der Waals surface area contributed by atoms with Crippen molar-refractivity contribution in [3.05, 3.63) is 0 Å². The van der Waals surface area contributed by atoms with Gasteiger partial charge in [-0.1, -0.05) is 0 Å². The summed E-state index contributed by atoms with van der Waals surface area (Å²) in [7, 11) is 0. The van der Waals surface area contributed by atoms with E-state index in [2.05, 4.69) is 10.6 Å². The predicted octanol–water partition coefficient (Wildman–Crippen LogP) is 0.791. The van der Waals surface area contributed by atoms with Gasteiger partial charge in [0.2, 0.25) is 0 Å². The Balaban J connectivity index is 1.69. The lowest BCUT2D eigenvalue weighted by atomic mass is 9.94. The summed E-state index contributed by atoms with van der Waals surface area (Å²) in [5.41, 5.74) is 0. The molecule has 0 unspecified atom stereocenters. The summed E-state index contributed by atoms with van der Waals surface area (Å²) in [6, 6.07) is 0.134. The quantitative estimate of drug-likeness (QED) is 0.725. The lowest BCUT2D eigenvalue weighted by Crippen LogP contribution is -2.47.